The summed E-state index contributed by atoms with van der Waals surface area (Å²) in [6, 6.07) is 0. The number of imide groups is 1. The number of carbonyl (C=O) groups excluding carboxylic acids is 3. The minimum Gasteiger partial charge on any atom is -0.469 e. The van der Waals surface area contributed by atoms with E-state index < -0.39 is 5.97 Å². The molecule has 0 aromatic rings. The maximum Gasteiger partial charge on any atom is 0.307 e. The van der Waals surface area contributed by atoms with Crippen molar-refractivity contribution in [2.45, 2.75) is 31.9 Å². The molecule has 0 aromatic heterocycles. The van der Waals surface area contributed by atoms with E-state index in [1.165, 1.54) is 18.9 Å². The Balaban J connectivity index is 0.00000121. The van der Waals surface area contributed by atoms with Crippen LogP contribution in [0.25, 0.3) is 0 Å². The van der Waals surface area contributed by atoms with Crippen LogP contribution >= 0.6 is 11.8 Å². The predicted octanol–water partition coefficient (Wildman–Crippen LogP) is 1.07. The quantitative estimate of drug-likeness (QED) is 0.559. The van der Waals surface area contributed by atoms with Crippen molar-refractivity contribution in [1.29, 1.82) is 0 Å². The van der Waals surface area contributed by atoms with Crippen molar-refractivity contribution < 1.29 is 19.1 Å². The molecule has 0 aliphatic carbocycles. The third-order valence-corrected chi connectivity index (χ3v) is 3.19. The van der Waals surface area contributed by atoms with E-state index in [4.69, 9.17) is 0 Å². The Morgan fingerprint density at radius 2 is 2.06 bits per heavy atom. The molecular weight excluding hydrogens is 242 g/mol. The number of carbonyl (C=O) groups is 3. The zero-order valence-electron chi connectivity index (χ0n) is 10.7. The van der Waals surface area contributed by atoms with E-state index in [9.17, 15) is 14.4 Å². The first-order chi connectivity index (χ1) is 8.10. The van der Waals surface area contributed by atoms with E-state index in [0.717, 1.165) is 4.90 Å². The van der Waals surface area contributed by atoms with Crippen LogP contribution in [0, 0.1) is 0 Å². The molecule has 17 heavy (non-hydrogen) atoms. The van der Waals surface area contributed by atoms with E-state index in [1.807, 2.05) is 13.8 Å². The number of amides is 2. The molecule has 0 spiro atoms. The number of hydrogen-bond acceptors (Lipinski definition) is 5. The highest BCUT2D eigenvalue weighted by molar-refractivity contribution is 8.00. The Morgan fingerprint density at radius 3 is 2.47 bits per heavy atom. The standard InChI is InChI=1S/C9H13NO4S.C2H6/c1-14-8(12)3-4-10-7(11)5-6(15-2)9(10)13;1-2/h6H,3-5H2,1-2H3;1-2H3. The second kappa shape index (κ2) is 8.11. The lowest BCUT2D eigenvalue weighted by molar-refractivity contribution is -0.143. The van der Waals surface area contributed by atoms with Crippen LogP contribution in [0.4, 0.5) is 0 Å². The summed E-state index contributed by atoms with van der Waals surface area (Å²) < 4.78 is 4.44. The highest BCUT2D eigenvalue weighted by Gasteiger charge is 2.37. The average Bonchev–Trinajstić information content (AvgIpc) is 2.64. The molecule has 1 heterocycles. The number of ether oxygens (including phenoxy) is 1. The van der Waals surface area contributed by atoms with Crippen molar-refractivity contribution in [3.63, 3.8) is 0 Å². The number of hydrogen-bond donors (Lipinski definition) is 0. The highest BCUT2D eigenvalue weighted by Crippen LogP contribution is 2.22. The molecule has 0 aromatic carbocycles. The molecule has 1 atom stereocenters. The molecule has 0 bridgehead atoms. The average molecular weight is 261 g/mol. The fourth-order valence-electron chi connectivity index (χ4n) is 1.38. The first-order valence-corrected chi connectivity index (χ1v) is 6.82. The molecule has 0 saturated carbocycles. The monoisotopic (exact) mass is 261 g/mol. The number of rotatable bonds is 4. The van der Waals surface area contributed by atoms with Gasteiger partial charge in [0.1, 0.15) is 0 Å². The molecule has 6 heteroatoms. The first kappa shape index (κ1) is 16.0. The third kappa shape index (κ3) is 4.38. The first-order valence-electron chi connectivity index (χ1n) is 5.54. The second-order valence-electron chi connectivity index (χ2n) is 3.14. The second-order valence-corrected chi connectivity index (χ2v) is 4.18. The summed E-state index contributed by atoms with van der Waals surface area (Å²) in [5.74, 6) is -0.817. The fourth-order valence-corrected chi connectivity index (χ4v) is 2.02. The Hall–Kier alpha value is -1.04. The Bertz CT molecular complexity index is 293. The topological polar surface area (TPSA) is 63.7 Å². The summed E-state index contributed by atoms with van der Waals surface area (Å²) in [4.78, 5) is 35.0. The number of methoxy groups -OCH3 is 1. The molecule has 2 amide bonds. The van der Waals surface area contributed by atoms with Gasteiger partial charge in [-0.25, -0.2) is 0 Å². The molecule has 1 rings (SSSR count). The van der Waals surface area contributed by atoms with Gasteiger partial charge < -0.3 is 4.74 Å². The summed E-state index contributed by atoms with van der Waals surface area (Å²) in [7, 11) is 1.28. The number of nitrogens with zero attached hydrogens (tertiary/aromatic N) is 1. The molecule has 0 N–H and O–H groups in total. The molecule has 1 aliphatic heterocycles. The molecule has 1 aliphatic rings. The summed E-state index contributed by atoms with van der Waals surface area (Å²) in [5, 5.41) is -0.282. The highest BCUT2D eigenvalue weighted by atomic mass is 32.2. The number of thioether (sulfide) groups is 1. The van der Waals surface area contributed by atoms with E-state index in [-0.39, 0.29) is 36.5 Å². The van der Waals surface area contributed by atoms with Crippen LogP contribution in [0.15, 0.2) is 0 Å². The lowest BCUT2D eigenvalue weighted by atomic mass is 10.4. The summed E-state index contributed by atoms with van der Waals surface area (Å²) >= 11 is 1.36. The summed E-state index contributed by atoms with van der Waals surface area (Å²) in [5.41, 5.74) is 0. The van der Waals surface area contributed by atoms with E-state index >= 15 is 0 Å². The van der Waals surface area contributed by atoms with Gasteiger partial charge in [0.2, 0.25) is 11.8 Å². The molecule has 0 radical (unpaired) electrons. The van der Waals surface area contributed by atoms with Gasteiger partial charge in [0.15, 0.2) is 0 Å². The van der Waals surface area contributed by atoms with Crippen LogP contribution in [0.3, 0.4) is 0 Å². The van der Waals surface area contributed by atoms with Gasteiger partial charge >= 0.3 is 5.97 Å². The van der Waals surface area contributed by atoms with Gasteiger partial charge in [-0.3, -0.25) is 19.3 Å². The van der Waals surface area contributed by atoms with E-state index in [2.05, 4.69) is 4.74 Å². The van der Waals surface area contributed by atoms with Gasteiger partial charge in [-0.2, -0.15) is 11.8 Å². The Labute approximate surface area is 106 Å². The van der Waals surface area contributed by atoms with Gasteiger partial charge in [0.25, 0.3) is 0 Å². The van der Waals surface area contributed by atoms with Crippen molar-refractivity contribution >= 4 is 29.5 Å². The lowest BCUT2D eigenvalue weighted by Crippen LogP contribution is -2.33. The lowest BCUT2D eigenvalue weighted by Gasteiger charge is -2.13. The molecule has 1 fully saturated rings. The van der Waals surface area contributed by atoms with Crippen LogP contribution in [0.1, 0.15) is 26.7 Å². The summed E-state index contributed by atoms with van der Waals surface area (Å²) in [6.45, 7) is 4.13. The Morgan fingerprint density at radius 1 is 1.47 bits per heavy atom. The molecule has 1 saturated heterocycles. The molecule has 98 valence electrons. The third-order valence-electron chi connectivity index (χ3n) is 2.25. The van der Waals surface area contributed by atoms with E-state index in [1.54, 1.807) is 6.26 Å². The van der Waals surface area contributed by atoms with Crippen molar-refractivity contribution in [2.75, 3.05) is 19.9 Å². The van der Waals surface area contributed by atoms with Crippen molar-refractivity contribution in [3.05, 3.63) is 0 Å². The fraction of sp³-hybridized carbons (Fsp3) is 0.727. The van der Waals surface area contributed by atoms with Crippen LogP contribution in [-0.2, 0) is 19.1 Å². The van der Waals surface area contributed by atoms with Crippen molar-refractivity contribution in [2.24, 2.45) is 0 Å². The van der Waals surface area contributed by atoms with Crippen LogP contribution in [0.5, 0.6) is 0 Å². The maximum absolute atomic E-state index is 11.6. The van der Waals surface area contributed by atoms with Crippen molar-refractivity contribution in [3.8, 4) is 0 Å². The normalized spacial score (nSPS) is 18.8. The van der Waals surface area contributed by atoms with Crippen LogP contribution < -0.4 is 0 Å². The van der Waals surface area contributed by atoms with E-state index in [0.29, 0.717) is 0 Å². The maximum atomic E-state index is 11.6. The Kier molecular flexibility index (Phi) is 7.61. The zero-order chi connectivity index (χ0) is 13.4. The van der Waals surface area contributed by atoms with Gasteiger partial charge in [-0.15, -0.1) is 0 Å². The van der Waals surface area contributed by atoms with Crippen molar-refractivity contribution in [1.82, 2.24) is 4.90 Å². The molecular formula is C11H19NO4S. The van der Waals surface area contributed by atoms with Crippen LogP contribution in [-0.4, -0.2) is 47.8 Å². The van der Waals surface area contributed by atoms with Gasteiger partial charge in [-0.05, 0) is 6.26 Å². The largest absolute Gasteiger partial charge is 0.469 e. The van der Waals surface area contributed by atoms with Gasteiger partial charge in [0, 0.05) is 13.0 Å². The number of likely N-dealkylation sites (tertiary alicyclic amines) is 1. The molecule has 5 nitrogen and oxygen atoms in total. The summed E-state index contributed by atoms with van der Waals surface area (Å²) in [6.07, 6.45) is 2.09. The van der Waals surface area contributed by atoms with Crippen LogP contribution in [0.2, 0.25) is 0 Å². The minimum atomic E-state index is -0.414. The van der Waals surface area contributed by atoms with Gasteiger partial charge in [0.05, 0.1) is 18.8 Å². The molecule has 1 unspecified atom stereocenters. The zero-order valence-corrected chi connectivity index (χ0v) is 11.5. The SMILES string of the molecule is CC.COC(=O)CCN1C(=O)CC(SC)C1=O. The minimum absolute atomic E-state index is 0.0646. The predicted molar refractivity (Wildman–Crippen MR) is 66.6 cm³/mol. The van der Waals surface area contributed by atoms with Gasteiger partial charge in [-0.1, -0.05) is 13.8 Å². The smallest absolute Gasteiger partial charge is 0.307 e. The number of esters is 1.